The van der Waals surface area contributed by atoms with Crippen LogP contribution in [0.15, 0.2) is 22.7 Å². The van der Waals surface area contributed by atoms with E-state index in [0.29, 0.717) is 13.1 Å². The molecule has 1 aromatic rings. The van der Waals surface area contributed by atoms with E-state index in [1.54, 1.807) is 0 Å². The number of hydrogen-bond donors (Lipinski definition) is 2. The van der Waals surface area contributed by atoms with E-state index < -0.39 is 0 Å². The minimum absolute atomic E-state index is 0.00223. The number of β-amino-alcohol motifs (C(OH)–C–C–N with tert-alkyl or cyclic N) is 1. The molecule has 4 heteroatoms. The highest BCUT2D eigenvalue weighted by Gasteiger charge is 2.31. The SMILES string of the molecule is Cc1cc(N2CC(O)CNCC2(C)C)ccc1Br. The van der Waals surface area contributed by atoms with Crippen LogP contribution in [0.3, 0.4) is 0 Å². The first-order valence-corrected chi connectivity index (χ1v) is 7.12. The number of nitrogens with zero attached hydrogens (tertiary/aromatic N) is 1. The third-order valence-electron chi connectivity index (χ3n) is 3.51. The number of nitrogens with one attached hydrogen (secondary N) is 1. The molecule has 0 saturated carbocycles. The molecule has 0 spiro atoms. The van der Waals surface area contributed by atoms with Gasteiger partial charge in [-0.1, -0.05) is 15.9 Å². The van der Waals surface area contributed by atoms with Gasteiger partial charge in [0.1, 0.15) is 0 Å². The normalized spacial score (nSPS) is 23.8. The zero-order valence-electron chi connectivity index (χ0n) is 11.2. The summed E-state index contributed by atoms with van der Waals surface area (Å²) >= 11 is 3.53. The standard InChI is InChI=1S/C14H21BrN2O/c1-10-6-11(4-5-13(10)15)17-8-12(18)7-16-9-14(17,2)3/h4-6,12,16,18H,7-9H2,1-3H3. The van der Waals surface area contributed by atoms with Gasteiger partial charge in [-0.05, 0) is 44.5 Å². The Morgan fingerprint density at radius 3 is 2.83 bits per heavy atom. The van der Waals surface area contributed by atoms with Crippen molar-refractivity contribution in [2.24, 2.45) is 0 Å². The van der Waals surface area contributed by atoms with E-state index in [9.17, 15) is 5.11 Å². The summed E-state index contributed by atoms with van der Waals surface area (Å²) in [6.45, 7) is 8.70. The average Bonchev–Trinajstić information content (AvgIpc) is 2.41. The molecule has 1 saturated heterocycles. The molecule has 0 aliphatic carbocycles. The number of aliphatic hydroxyl groups excluding tert-OH is 1. The highest BCUT2D eigenvalue weighted by molar-refractivity contribution is 9.10. The van der Waals surface area contributed by atoms with Gasteiger partial charge in [0.2, 0.25) is 0 Å². The van der Waals surface area contributed by atoms with Gasteiger partial charge in [0.05, 0.1) is 6.10 Å². The van der Waals surface area contributed by atoms with Gasteiger partial charge in [0.25, 0.3) is 0 Å². The van der Waals surface area contributed by atoms with E-state index in [4.69, 9.17) is 0 Å². The minimum Gasteiger partial charge on any atom is -0.390 e. The lowest BCUT2D eigenvalue weighted by atomic mass is 10.0. The molecule has 1 atom stereocenters. The van der Waals surface area contributed by atoms with Crippen LogP contribution in [0.4, 0.5) is 5.69 Å². The third-order valence-corrected chi connectivity index (χ3v) is 4.40. The van der Waals surface area contributed by atoms with E-state index in [1.165, 1.54) is 11.3 Å². The van der Waals surface area contributed by atoms with Crippen molar-refractivity contribution in [3.8, 4) is 0 Å². The van der Waals surface area contributed by atoms with Crippen molar-refractivity contribution in [2.75, 3.05) is 24.5 Å². The molecule has 1 unspecified atom stereocenters. The number of aliphatic hydroxyl groups is 1. The molecule has 0 aromatic heterocycles. The molecule has 2 rings (SSSR count). The highest BCUT2D eigenvalue weighted by atomic mass is 79.9. The Morgan fingerprint density at radius 2 is 2.17 bits per heavy atom. The molecule has 1 aliphatic rings. The van der Waals surface area contributed by atoms with Gasteiger partial charge in [-0.3, -0.25) is 0 Å². The Balaban J connectivity index is 2.35. The Morgan fingerprint density at radius 1 is 1.44 bits per heavy atom. The molecule has 1 heterocycles. The molecule has 0 amide bonds. The van der Waals surface area contributed by atoms with E-state index in [2.05, 4.69) is 65.1 Å². The van der Waals surface area contributed by atoms with Crippen molar-refractivity contribution in [3.05, 3.63) is 28.2 Å². The lowest BCUT2D eigenvalue weighted by Gasteiger charge is -2.39. The Hall–Kier alpha value is -0.580. The fraction of sp³-hybridized carbons (Fsp3) is 0.571. The Bertz CT molecular complexity index is 434. The Kier molecular flexibility index (Phi) is 3.99. The summed E-state index contributed by atoms with van der Waals surface area (Å²) < 4.78 is 1.12. The number of rotatable bonds is 1. The summed E-state index contributed by atoms with van der Waals surface area (Å²) in [5, 5.41) is 13.3. The number of halogens is 1. The topological polar surface area (TPSA) is 35.5 Å². The van der Waals surface area contributed by atoms with E-state index >= 15 is 0 Å². The maximum absolute atomic E-state index is 9.96. The largest absolute Gasteiger partial charge is 0.390 e. The van der Waals surface area contributed by atoms with Crippen LogP contribution >= 0.6 is 15.9 Å². The van der Waals surface area contributed by atoms with Crippen molar-refractivity contribution in [1.29, 1.82) is 0 Å². The molecule has 1 aliphatic heterocycles. The molecule has 3 nitrogen and oxygen atoms in total. The second kappa shape index (κ2) is 5.19. The van der Waals surface area contributed by atoms with E-state index in [-0.39, 0.29) is 11.6 Å². The van der Waals surface area contributed by atoms with Gasteiger partial charge in [0, 0.05) is 35.3 Å². The molecule has 0 radical (unpaired) electrons. The maximum Gasteiger partial charge on any atom is 0.0839 e. The monoisotopic (exact) mass is 312 g/mol. The lowest BCUT2D eigenvalue weighted by Crippen LogP contribution is -2.49. The minimum atomic E-state index is -0.323. The summed E-state index contributed by atoms with van der Waals surface area (Å²) in [6.07, 6.45) is -0.323. The molecule has 1 aromatic carbocycles. The fourth-order valence-electron chi connectivity index (χ4n) is 2.41. The van der Waals surface area contributed by atoms with Gasteiger partial charge < -0.3 is 15.3 Å². The quantitative estimate of drug-likeness (QED) is 0.835. The van der Waals surface area contributed by atoms with Crippen molar-refractivity contribution < 1.29 is 5.11 Å². The van der Waals surface area contributed by atoms with Crippen LogP contribution in [0.2, 0.25) is 0 Å². The van der Waals surface area contributed by atoms with Crippen LogP contribution in [-0.4, -0.2) is 36.4 Å². The third kappa shape index (κ3) is 2.87. The van der Waals surface area contributed by atoms with Crippen LogP contribution in [0, 0.1) is 6.92 Å². The lowest BCUT2D eigenvalue weighted by molar-refractivity contribution is 0.183. The first-order valence-electron chi connectivity index (χ1n) is 6.33. The van der Waals surface area contributed by atoms with Gasteiger partial charge in [-0.15, -0.1) is 0 Å². The summed E-state index contributed by atoms with van der Waals surface area (Å²) in [7, 11) is 0. The zero-order valence-corrected chi connectivity index (χ0v) is 12.8. The van der Waals surface area contributed by atoms with Crippen molar-refractivity contribution >= 4 is 21.6 Å². The van der Waals surface area contributed by atoms with Gasteiger partial charge in [0.15, 0.2) is 0 Å². The number of benzene rings is 1. The fourth-order valence-corrected chi connectivity index (χ4v) is 2.66. The van der Waals surface area contributed by atoms with Crippen molar-refractivity contribution in [3.63, 3.8) is 0 Å². The summed E-state index contributed by atoms with van der Waals surface area (Å²) in [5.74, 6) is 0. The molecule has 100 valence electrons. The van der Waals surface area contributed by atoms with Crippen molar-refractivity contribution in [2.45, 2.75) is 32.4 Å². The van der Waals surface area contributed by atoms with Crippen LogP contribution in [0.1, 0.15) is 19.4 Å². The van der Waals surface area contributed by atoms with Crippen LogP contribution < -0.4 is 10.2 Å². The van der Waals surface area contributed by atoms with Crippen LogP contribution in [0.25, 0.3) is 0 Å². The average molecular weight is 313 g/mol. The number of anilines is 1. The van der Waals surface area contributed by atoms with Gasteiger partial charge in [-0.2, -0.15) is 0 Å². The molecular weight excluding hydrogens is 292 g/mol. The predicted molar refractivity (Wildman–Crippen MR) is 79.2 cm³/mol. The second-order valence-electron chi connectivity index (χ2n) is 5.64. The smallest absolute Gasteiger partial charge is 0.0839 e. The molecule has 0 bridgehead atoms. The summed E-state index contributed by atoms with van der Waals surface area (Å²) in [4.78, 5) is 2.29. The predicted octanol–water partition coefficient (Wildman–Crippen LogP) is 2.31. The molecule has 18 heavy (non-hydrogen) atoms. The molecule has 1 fully saturated rings. The van der Waals surface area contributed by atoms with Gasteiger partial charge >= 0.3 is 0 Å². The second-order valence-corrected chi connectivity index (χ2v) is 6.50. The summed E-state index contributed by atoms with van der Waals surface area (Å²) in [6, 6.07) is 6.35. The first-order chi connectivity index (χ1) is 8.40. The van der Waals surface area contributed by atoms with E-state index in [0.717, 1.165) is 11.0 Å². The zero-order chi connectivity index (χ0) is 13.3. The highest BCUT2D eigenvalue weighted by Crippen LogP contribution is 2.29. The van der Waals surface area contributed by atoms with E-state index in [1.807, 2.05) is 0 Å². The molecule has 2 N–H and O–H groups in total. The van der Waals surface area contributed by atoms with Crippen LogP contribution in [0.5, 0.6) is 0 Å². The Labute approximate surface area is 117 Å². The summed E-state index contributed by atoms with van der Waals surface area (Å²) in [5.41, 5.74) is 2.39. The van der Waals surface area contributed by atoms with Gasteiger partial charge in [-0.25, -0.2) is 0 Å². The number of aryl methyl sites for hydroxylation is 1. The number of hydrogen-bond acceptors (Lipinski definition) is 3. The molecular formula is C14H21BrN2O. The van der Waals surface area contributed by atoms with Crippen LogP contribution in [-0.2, 0) is 0 Å². The van der Waals surface area contributed by atoms with Crippen molar-refractivity contribution in [1.82, 2.24) is 5.32 Å². The first kappa shape index (κ1) is 13.8. The maximum atomic E-state index is 9.96.